The Labute approximate surface area is 106 Å². The van der Waals surface area contributed by atoms with E-state index in [-0.39, 0.29) is 5.69 Å². The largest absolute Gasteiger partial charge is 0.370 e. The van der Waals surface area contributed by atoms with Crippen LogP contribution in [0.15, 0.2) is 18.2 Å². The number of rotatable bonds is 6. The van der Waals surface area contributed by atoms with E-state index >= 15 is 0 Å². The first-order chi connectivity index (χ1) is 8.10. The third kappa shape index (κ3) is 3.60. The van der Waals surface area contributed by atoms with E-state index < -0.39 is 4.92 Å². The van der Waals surface area contributed by atoms with Crippen LogP contribution in [0.1, 0.15) is 26.7 Å². The lowest BCUT2D eigenvalue weighted by Crippen LogP contribution is -2.25. The zero-order chi connectivity index (χ0) is 12.8. The number of halogens is 1. The van der Waals surface area contributed by atoms with Crippen molar-refractivity contribution in [2.45, 2.75) is 26.7 Å². The van der Waals surface area contributed by atoms with Crippen molar-refractivity contribution < 1.29 is 4.92 Å². The van der Waals surface area contributed by atoms with Gasteiger partial charge in [-0.15, -0.1) is 0 Å². The second kappa shape index (κ2) is 6.45. The Morgan fingerprint density at radius 3 is 2.29 bits per heavy atom. The Hall–Kier alpha value is -1.29. The van der Waals surface area contributed by atoms with Crippen molar-refractivity contribution in [1.82, 2.24) is 0 Å². The Balaban J connectivity index is 2.99. The highest BCUT2D eigenvalue weighted by Crippen LogP contribution is 2.30. The molecule has 0 radical (unpaired) electrons. The van der Waals surface area contributed by atoms with Crippen LogP contribution in [0.2, 0.25) is 5.02 Å². The SMILES string of the molecule is CCCN(CCC)c1ccc([N+](=O)[O-])cc1Cl. The molecule has 0 saturated carbocycles. The van der Waals surface area contributed by atoms with Crippen molar-refractivity contribution in [1.29, 1.82) is 0 Å². The second-order valence-electron chi connectivity index (χ2n) is 3.88. The first kappa shape index (κ1) is 13.8. The molecule has 0 unspecified atom stereocenters. The van der Waals surface area contributed by atoms with Crippen molar-refractivity contribution >= 4 is 23.0 Å². The maximum Gasteiger partial charge on any atom is 0.271 e. The highest BCUT2D eigenvalue weighted by Gasteiger charge is 2.13. The van der Waals surface area contributed by atoms with Gasteiger partial charge in [0.2, 0.25) is 0 Å². The second-order valence-corrected chi connectivity index (χ2v) is 4.29. The van der Waals surface area contributed by atoms with Gasteiger partial charge in [-0.25, -0.2) is 0 Å². The van der Waals surface area contributed by atoms with Gasteiger partial charge >= 0.3 is 0 Å². The van der Waals surface area contributed by atoms with Crippen LogP contribution in [0.25, 0.3) is 0 Å². The van der Waals surface area contributed by atoms with Crippen LogP contribution in [0.5, 0.6) is 0 Å². The van der Waals surface area contributed by atoms with Crippen molar-refractivity contribution in [2.24, 2.45) is 0 Å². The average Bonchev–Trinajstić information content (AvgIpc) is 2.28. The van der Waals surface area contributed by atoms with Gasteiger partial charge in [0.25, 0.3) is 5.69 Å². The van der Waals surface area contributed by atoms with Gasteiger partial charge in [-0.2, -0.15) is 0 Å². The molecule has 0 heterocycles. The van der Waals surface area contributed by atoms with Crippen LogP contribution >= 0.6 is 11.6 Å². The molecule has 0 aliphatic rings. The Morgan fingerprint density at radius 1 is 1.29 bits per heavy atom. The van der Waals surface area contributed by atoms with Crippen molar-refractivity contribution in [3.63, 3.8) is 0 Å². The summed E-state index contributed by atoms with van der Waals surface area (Å²) in [4.78, 5) is 12.3. The number of hydrogen-bond donors (Lipinski definition) is 0. The monoisotopic (exact) mass is 256 g/mol. The van der Waals surface area contributed by atoms with Crippen LogP contribution in [-0.4, -0.2) is 18.0 Å². The minimum absolute atomic E-state index is 0.0340. The Kier molecular flexibility index (Phi) is 5.22. The van der Waals surface area contributed by atoms with E-state index in [1.165, 1.54) is 12.1 Å². The molecule has 0 fully saturated rings. The topological polar surface area (TPSA) is 46.4 Å². The standard InChI is InChI=1S/C12H17ClN2O2/c1-3-7-14(8-4-2)12-6-5-10(15(16)17)9-11(12)13/h5-6,9H,3-4,7-8H2,1-2H3. The van der Waals surface area contributed by atoms with Gasteiger partial charge in [0.15, 0.2) is 0 Å². The maximum absolute atomic E-state index is 10.6. The zero-order valence-electron chi connectivity index (χ0n) is 10.1. The molecule has 0 saturated heterocycles. The molecular weight excluding hydrogens is 240 g/mol. The van der Waals surface area contributed by atoms with E-state index in [2.05, 4.69) is 18.7 Å². The summed E-state index contributed by atoms with van der Waals surface area (Å²) < 4.78 is 0. The fourth-order valence-electron chi connectivity index (χ4n) is 1.76. The number of nitro benzene ring substituents is 1. The van der Waals surface area contributed by atoms with Crippen LogP contribution in [0, 0.1) is 10.1 Å². The van der Waals surface area contributed by atoms with E-state index in [9.17, 15) is 10.1 Å². The maximum atomic E-state index is 10.6. The fourth-order valence-corrected chi connectivity index (χ4v) is 2.05. The van der Waals surface area contributed by atoms with Gasteiger partial charge in [-0.1, -0.05) is 25.4 Å². The summed E-state index contributed by atoms with van der Waals surface area (Å²) in [5, 5.41) is 11.1. The first-order valence-electron chi connectivity index (χ1n) is 5.79. The van der Waals surface area contributed by atoms with Gasteiger partial charge < -0.3 is 4.90 Å². The first-order valence-corrected chi connectivity index (χ1v) is 6.16. The summed E-state index contributed by atoms with van der Waals surface area (Å²) in [7, 11) is 0. The van der Waals surface area contributed by atoms with Gasteiger partial charge in [-0.3, -0.25) is 10.1 Å². The molecule has 0 spiro atoms. The highest BCUT2D eigenvalue weighted by atomic mass is 35.5. The van der Waals surface area contributed by atoms with E-state index in [1.807, 2.05) is 0 Å². The number of hydrogen-bond acceptors (Lipinski definition) is 3. The number of anilines is 1. The lowest BCUT2D eigenvalue weighted by molar-refractivity contribution is -0.384. The molecule has 1 aromatic rings. The molecule has 0 bridgehead atoms. The van der Waals surface area contributed by atoms with Crippen LogP contribution in [-0.2, 0) is 0 Å². The third-order valence-corrected chi connectivity index (χ3v) is 2.77. The molecule has 1 rings (SSSR count). The van der Waals surface area contributed by atoms with Gasteiger partial charge in [0.1, 0.15) is 0 Å². The summed E-state index contributed by atoms with van der Waals surface area (Å²) in [5.74, 6) is 0. The molecule has 17 heavy (non-hydrogen) atoms. The number of nitro groups is 1. The molecule has 94 valence electrons. The zero-order valence-corrected chi connectivity index (χ0v) is 10.9. The van der Waals surface area contributed by atoms with Crippen molar-refractivity contribution in [3.05, 3.63) is 33.3 Å². The molecule has 0 N–H and O–H groups in total. The molecule has 0 aromatic heterocycles. The molecule has 0 aliphatic carbocycles. The minimum Gasteiger partial charge on any atom is -0.370 e. The predicted molar refractivity (Wildman–Crippen MR) is 70.9 cm³/mol. The predicted octanol–water partition coefficient (Wildman–Crippen LogP) is 3.87. The average molecular weight is 257 g/mol. The van der Waals surface area contributed by atoms with Crippen LogP contribution in [0.3, 0.4) is 0 Å². The summed E-state index contributed by atoms with van der Waals surface area (Å²) in [6.07, 6.45) is 2.04. The summed E-state index contributed by atoms with van der Waals surface area (Å²) in [5.41, 5.74) is 0.910. The normalized spacial score (nSPS) is 10.3. The fraction of sp³-hybridized carbons (Fsp3) is 0.500. The molecule has 0 amide bonds. The van der Waals surface area contributed by atoms with E-state index in [4.69, 9.17) is 11.6 Å². The Bertz CT molecular complexity index is 390. The lowest BCUT2D eigenvalue weighted by Gasteiger charge is -2.24. The molecule has 4 nitrogen and oxygen atoms in total. The van der Waals surface area contributed by atoms with Gasteiger partial charge in [-0.05, 0) is 18.9 Å². The molecule has 0 aliphatic heterocycles. The van der Waals surface area contributed by atoms with Gasteiger partial charge in [0.05, 0.1) is 15.6 Å². The lowest BCUT2D eigenvalue weighted by atomic mass is 10.2. The smallest absolute Gasteiger partial charge is 0.271 e. The van der Waals surface area contributed by atoms with Gasteiger partial charge in [0, 0.05) is 25.2 Å². The quantitative estimate of drug-likeness (QED) is 0.573. The van der Waals surface area contributed by atoms with E-state index in [0.717, 1.165) is 31.6 Å². The van der Waals surface area contributed by atoms with E-state index in [0.29, 0.717) is 5.02 Å². The number of benzene rings is 1. The summed E-state index contributed by atoms with van der Waals surface area (Å²) in [6, 6.07) is 4.64. The third-order valence-electron chi connectivity index (χ3n) is 2.47. The summed E-state index contributed by atoms with van der Waals surface area (Å²) in [6.45, 7) is 6.01. The van der Waals surface area contributed by atoms with Crippen LogP contribution in [0.4, 0.5) is 11.4 Å². The summed E-state index contributed by atoms with van der Waals surface area (Å²) >= 11 is 6.09. The Morgan fingerprint density at radius 2 is 1.88 bits per heavy atom. The molecule has 1 aromatic carbocycles. The highest BCUT2D eigenvalue weighted by molar-refractivity contribution is 6.33. The van der Waals surface area contributed by atoms with E-state index in [1.54, 1.807) is 6.07 Å². The van der Waals surface area contributed by atoms with Crippen molar-refractivity contribution in [3.8, 4) is 0 Å². The molecule has 0 atom stereocenters. The number of non-ortho nitro benzene ring substituents is 1. The van der Waals surface area contributed by atoms with Crippen LogP contribution < -0.4 is 4.90 Å². The molecular formula is C12H17ClN2O2. The number of nitrogens with zero attached hydrogens (tertiary/aromatic N) is 2. The van der Waals surface area contributed by atoms with Crippen molar-refractivity contribution in [2.75, 3.05) is 18.0 Å². The minimum atomic E-state index is -0.431. The molecule has 5 heteroatoms.